The Labute approximate surface area is 91.6 Å². The Hall–Kier alpha value is -1.51. The van der Waals surface area contributed by atoms with Crippen LogP contribution in [0, 0.1) is 6.92 Å². The summed E-state index contributed by atoms with van der Waals surface area (Å²) in [4.78, 5) is 4.46. The van der Waals surface area contributed by atoms with Gasteiger partial charge in [0.1, 0.15) is 0 Å². The molecule has 0 saturated carbocycles. The van der Waals surface area contributed by atoms with Gasteiger partial charge in [-0.15, -0.1) is 0 Å². The lowest BCUT2D eigenvalue weighted by molar-refractivity contribution is 0.881. The van der Waals surface area contributed by atoms with Gasteiger partial charge in [-0.2, -0.15) is 0 Å². The average molecular weight is 205 g/mol. The molecule has 0 saturated heterocycles. The highest BCUT2D eigenvalue weighted by atomic mass is 15.2. The lowest BCUT2D eigenvalue weighted by atomic mass is 10.1. The van der Waals surface area contributed by atoms with Gasteiger partial charge in [-0.1, -0.05) is 24.3 Å². The van der Waals surface area contributed by atoms with Crippen LogP contribution in [-0.4, -0.2) is 19.6 Å². The van der Waals surface area contributed by atoms with Gasteiger partial charge in [0.2, 0.25) is 0 Å². The Bertz CT molecular complexity index is 331. The van der Waals surface area contributed by atoms with Gasteiger partial charge < -0.3 is 10.6 Å². The summed E-state index contributed by atoms with van der Waals surface area (Å²) in [7, 11) is 1.87. The molecule has 0 aromatic heterocycles. The van der Waals surface area contributed by atoms with Crippen molar-refractivity contribution in [1.29, 1.82) is 0 Å². The second-order valence-corrected chi connectivity index (χ2v) is 3.37. The van der Waals surface area contributed by atoms with Crippen molar-refractivity contribution in [2.24, 2.45) is 4.99 Å². The Kier molecular flexibility index (Phi) is 4.68. The summed E-state index contributed by atoms with van der Waals surface area (Å²) in [6, 6.07) is 8.31. The fourth-order valence-corrected chi connectivity index (χ4v) is 1.34. The first-order valence-electron chi connectivity index (χ1n) is 5.28. The zero-order valence-electron chi connectivity index (χ0n) is 9.67. The second-order valence-electron chi connectivity index (χ2n) is 3.37. The third-order valence-electron chi connectivity index (χ3n) is 2.25. The van der Waals surface area contributed by atoms with Gasteiger partial charge >= 0.3 is 0 Å². The van der Waals surface area contributed by atoms with E-state index >= 15 is 0 Å². The van der Waals surface area contributed by atoms with Crippen LogP contribution in [0.5, 0.6) is 0 Å². The third-order valence-corrected chi connectivity index (χ3v) is 2.25. The summed E-state index contributed by atoms with van der Waals surface area (Å²) in [5.74, 6) is 0.848. The van der Waals surface area contributed by atoms with Crippen LogP contribution < -0.4 is 10.6 Å². The van der Waals surface area contributed by atoms with Crippen LogP contribution in [-0.2, 0) is 6.54 Å². The Morgan fingerprint density at radius 3 is 2.67 bits per heavy atom. The molecule has 15 heavy (non-hydrogen) atoms. The number of hydrogen-bond acceptors (Lipinski definition) is 1. The minimum absolute atomic E-state index is 0.718. The smallest absolute Gasteiger partial charge is 0.191 e. The van der Waals surface area contributed by atoms with Crippen LogP contribution in [0.3, 0.4) is 0 Å². The van der Waals surface area contributed by atoms with Crippen molar-refractivity contribution in [3.05, 3.63) is 35.4 Å². The molecule has 1 rings (SSSR count). The maximum atomic E-state index is 4.46. The second kappa shape index (κ2) is 6.06. The van der Waals surface area contributed by atoms with E-state index in [2.05, 4.69) is 41.6 Å². The Morgan fingerprint density at radius 2 is 2.07 bits per heavy atom. The highest BCUT2D eigenvalue weighted by Gasteiger charge is 1.96. The number of nitrogens with zero attached hydrogens (tertiary/aromatic N) is 1. The predicted molar refractivity (Wildman–Crippen MR) is 65.1 cm³/mol. The van der Waals surface area contributed by atoms with E-state index in [-0.39, 0.29) is 0 Å². The minimum atomic E-state index is 0.718. The number of aryl methyl sites for hydroxylation is 1. The van der Waals surface area contributed by atoms with Crippen LogP contribution >= 0.6 is 0 Å². The van der Waals surface area contributed by atoms with Crippen LogP contribution in [0.15, 0.2) is 29.3 Å². The first kappa shape index (κ1) is 11.6. The van der Waals surface area contributed by atoms with Crippen molar-refractivity contribution in [3.63, 3.8) is 0 Å². The molecule has 0 radical (unpaired) electrons. The predicted octanol–water partition coefficient (Wildman–Crippen LogP) is 1.68. The molecule has 1 aromatic carbocycles. The third kappa shape index (κ3) is 3.62. The summed E-state index contributed by atoms with van der Waals surface area (Å²) in [6.07, 6.45) is 0. The summed E-state index contributed by atoms with van der Waals surface area (Å²) >= 11 is 0. The number of hydrogen-bond donors (Lipinski definition) is 2. The fourth-order valence-electron chi connectivity index (χ4n) is 1.34. The van der Waals surface area contributed by atoms with Crippen molar-refractivity contribution < 1.29 is 0 Å². The number of guanidine groups is 1. The largest absolute Gasteiger partial charge is 0.359 e. The number of aliphatic imine (C=N–C) groups is 1. The van der Waals surface area contributed by atoms with Crippen LogP contribution in [0.4, 0.5) is 0 Å². The van der Waals surface area contributed by atoms with Gasteiger partial charge in [-0.25, -0.2) is 4.99 Å². The lowest BCUT2D eigenvalue weighted by Crippen LogP contribution is -2.34. The summed E-state index contributed by atoms with van der Waals surface area (Å²) in [5.41, 5.74) is 2.55. The van der Waals surface area contributed by atoms with Crippen molar-refractivity contribution in [3.8, 4) is 0 Å². The molecule has 0 aliphatic carbocycles. The SMILES string of the molecule is CCNC(=NCc1ccccc1C)NC. The van der Waals surface area contributed by atoms with E-state index in [1.54, 1.807) is 0 Å². The molecule has 0 heterocycles. The molecule has 0 aliphatic heterocycles. The van der Waals surface area contributed by atoms with Crippen molar-refractivity contribution in [2.75, 3.05) is 13.6 Å². The molecule has 0 unspecified atom stereocenters. The molecule has 3 heteroatoms. The van der Waals surface area contributed by atoms with Crippen LogP contribution in [0.2, 0.25) is 0 Å². The first-order chi connectivity index (χ1) is 7.27. The Morgan fingerprint density at radius 1 is 1.33 bits per heavy atom. The normalized spacial score (nSPS) is 11.3. The standard InChI is InChI=1S/C12H19N3/c1-4-14-12(13-3)15-9-11-8-6-5-7-10(11)2/h5-8H,4,9H2,1-3H3,(H2,13,14,15). The summed E-state index contributed by atoms with van der Waals surface area (Å²) in [5, 5.41) is 6.19. The van der Waals surface area contributed by atoms with E-state index in [1.807, 2.05) is 19.2 Å². The lowest BCUT2D eigenvalue weighted by Gasteiger charge is -2.07. The molecule has 0 spiro atoms. The maximum Gasteiger partial charge on any atom is 0.191 e. The molecule has 82 valence electrons. The van der Waals surface area contributed by atoms with Gasteiger partial charge in [0.25, 0.3) is 0 Å². The fraction of sp³-hybridized carbons (Fsp3) is 0.417. The zero-order valence-corrected chi connectivity index (χ0v) is 9.67. The van der Waals surface area contributed by atoms with E-state index in [9.17, 15) is 0 Å². The van der Waals surface area contributed by atoms with Gasteiger partial charge in [-0.05, 0) is 25.0 Å². The van der Waals surface area contributed by atoms with Crippen molar-refractivity contribution >= 4 is 5.96 Å². The average Bonchev–Trinajstić information content (AvgIpc) is 2.26. The van der Waals surface area contributed by atoms with E-state index < -0.39 is 0 Å². The summed E-state index contributed by atoms with van der Waals surface area (Å²) < 4.78 is 0. The number of benzene rings is 1. The van der Waals surface area contributed by atoms with Gasteiger partial charge in [0.05, 0.1) is 6.54 Å². The molecule has 0 amide bonds. The maximum absolute atomic E-state index is 4.46. The van der Waals surface area contributed by atoms with Crippen molar-refractivity contribution in [2.45, 2.75) is 20.4 Å². The van der Waals surface area contributed by atoms with Crippen LogP contribution in [0.1, 0.15) is 18.1 Å². The molecular formula is C12H19N3. The molecule has 3 nitrogen and oxygen atoms in total. The van der Waals surface area contributed by atoms with E-state index in [1.165, 1.54) is 11.1 Å². The molecule has 0 bridgehead atoms. The highest BCUT2D eigenvalue weighted by Crippen LogP contribution is 2.07. The Balaban J connectivity index is 2.65. The monoisotopic (exact) mass is 205 g/mol. The van der Waals surface area contributed by atoms with Gasteiger partial charge in [0, 0.05) is 13.6 Å². The first-order valence-corrected chi connectivity index (χ1v) is 5.28. The van der Waals surface area contributed by atoms with E-state index in [4.69, 9.17) is 0 Å². The quantitative estimate of drug-likeness (QED) is 0.582. The molecule has 0 aliphatic rings. The van der Waals surface area contributed by atoms with Gasteiger partial charge in [0.15, 0.2) is 5.96 Å². The highest BCUT2D eigenvalue weighted by molar-refractivity contribution is 5.79. The number of rotatable bonds is 3. The minimum Gasteiger partial charge on any atom is -0.359 e. The summed E-state index contributed by atoms with van der Waals surface area (Å²) in [6.45, 7) is 5.76. The van der Waals surface area contributed by atoms with E-state index in [0.29, 0.717) is 0 Å². The topological polar surface area (TPSA) is 36.4 Å². The number of nitrogens with one attached hydrogen (secondary N) is 2. The van der Waals surface area contributed by atoms with E-state index in [0.717, 1.165) is 19.0 Å². The van der Waals surface area contributed by atoms with Crippen molar-refractivity contribution in [1.82, 2.24) is 10.6 Å². The zero-order chi connectivity index (χ0) is 11.1. The molecule has 2 N–H and O–H groups in total. The molecule has 1 aromatic rings. The molecule has 0 fully saturated rings. The molecular weight excluding hydrogens is 186 g/mol. The molecule has 0 atom stereocenters. The van der Waals surface area contributed by atoms with Gasteiger partial charge in [-0.3, -0.25) is 0 Å². The van der Waals surface area contributed by atoms with Crippen LogP contribution in [0.25, 0.3) is 0 Å².